The van der Waals surface area contributed by atoms with E-state index in [2.05, 4.69) is 18.2 Å². The number of furan rings is 1. The molecular formula is C21H27NO4. The smallest absolute Gasteiger partial charge is 0.222 e. The van der Waals surface area contributed by atoms with Crippen molar-refractivity contribution in [2.45, 2.75) is 25.7 Å². The van der Waals surface area contributed by atoms with Crippen molar-refractivity contribution < 1.29 is 18.7 Å². The molecule has 5 nitrogen and oxygen atoms in total. The number of benzene rings is 1. The third-order valence-corrected chi connectivity index (χ3v) is 5.54. The highest BCUT2D eigenvalue weighted by atomic mass is 16.5. The summed E-state index contributed by atoms with van der Waals surface area (Å²) in [6.07, 6.45) is 5.28. The maximum Gasteiger partial charge on any atom is 0.222 e. The van der Waals surface area contributed by atoms with Crippen molar-refractivity contribution in [3.05, 3.63) is 36.1 Å². The number of amides is 1. The van der Waals surface area contributed by atoms with Gasteiger partial charge in [-0.3, -0.25) is 4.79 Å². The van der Waals surface area contributed by atoms with E-state index in [0.717, 1.165) is 50.0 Å². The molecule has 2 saturated heterocycles. The third kappa shape index (κ3) is 4.27. The number of carbonyl (C=O) groups excluding carboxylic acids is 1. The van der Waals surface area contributed by atoms with Gasteiger partial charge in [0.1, 0.15) is 5.58 Å². The van der Waals surface area contributed by atoms with E-state index in [1.807, 2.05) is 11.0 Å². The van der Waals surface area contributed by atoms with Crippen molar-refractivity contribution in [2.75, 3.05) is 39.5 Å². The molecule has 5 heteroatoms. The fourth-order valence-corrected chi connectivity index (χ4v) is 4.02. The highest BCUT2D eigenvalue weighted by Crippen LogP contribution is 2.23. The molecule has 4 rings (SSSR count). The van der Waals surface area contributed by atoms with E-state index in [1.165, 1.54) is 5.56 Å². The van der Waals surface area contributed by atoms with E-state index >= 15 is 0 Å². The minimum Gasteiger partial charge on any atom is -0.464 e. The van der Waals surface area contributed by atoms with Gasteiger partial charge in [0.15, 0.2) is 0 Å². The first-order chi connectivity index (χ1) is 12.8. The van der Waals surface area contributed by atoms with Gasteiger partial charge in [-0.05, 0) is 42.9 Å². The number of hydrogen-bond donors (Lipinski definition) is 0. The molecule has 26 heavy (non-hydrogen) atoms. The monoisotopic (exact) mass is 357 g/mol. The van der Waals surface area contributed by atoms with Crippen molar-refractivity contribution in [2.24, 2.45) is 11.8 Å². The second-order valence-electron chi connectivity index (χ2n) is 7.54. The molecular weight excluding hydrogens is 330 g/mol. The Morgan fingerprint density at radius 3 is 2.85 bits per heavy atom. The lowest BCUT2D eigenvalue weighted by molar-refractivity contribution is -0.133. The van der Waals surface area contributed by atoms with Crippen LogP contribution in [0.5, 0.6) is 0 Å². The van der Waals surface area contributed by atoms with Crippen LogP contribution in [0.4, 0.5) is 0 Å². The van der Waals surface area contributed by atoms with Gasteiger partial charge in [0.25, 0.3) is 0 Å². The molecule has 0 unspecified atom stereocenters. The number of hydrogen-bond acceptors (Lipinski definition) is 4. The third-order valence-electron chi connectivity index (χ3n) is 5.54. The molecule has 2 aliphatic heterocycles. The fourth-order valence-electron chi connectivity index (χ4n) is 4.02. The summed E-state index contributed by atoms with van der Waals surface area (Å²) in [7, 11) is 0. The highest BCUT2D eigenvalue weighted by molar-refractivity contribution is 5.77. The van der Waals surface area contributed by atoms with Crippen LogP contribution < -0.4 is 0 Å². The molecule has 0 saturated carbocycles. The van der Waals surface area contributed by atoms with Crippen molar-refractivity contribution in [3.63, 3.8) is 0 Å². The van der Waals surface area contributed by atoms with Crippen molar-refractivity contribution >= 4 is 16.9 Å². The van der Waals surface area contributed by atoms with Crippen LogP contribution in [0.15, 0.2) is 34.9 Å². The predicted molar refractivity (Wildman–Crippen MR) is 99.0 cm³/mol. The van der Waals surface area contributed by atoms with Crippen molar-refractivity contribution in [3.8, 4) is 0 Å². The fraction of sp³-hybridized carbons (Fsp3) is 0.571. The minimum absolute atomic E-state index is 0.272. The maximum atomic E-state index is 12.8. The van der Waals surface area contributed by atoms with Gasteiger partial charge in [0.2, 0.25) is 5.91 Å². The van der Waals surface area contributed by atoms with Crippen LogP contribution in [0.25, 0.3) is 11.0 Å². The van der Waals surface area contributed by atoms with E-state index in [9.17, 15) is 4.79 Å². The van der Waals surface area contributed by atoms with Crippen LogP contribution in [0.1, 0.15) is 24.8 Å². The van der Waals surface area contributed by atoms with E-state index in [4.69, 9.17) is 13.9 Å². The molecule has 3 heterocycles. The first kappa shape index (κ1) is 17.6. The second kappa shape index (κ2) is 8.23. The van der Waals surface area contributed by atoms with Gasteiger partial charge in [0.05, 0.1) is 19.5 Å². The number of nitrogens with zero attached hydrogens (tertiary/aromatic N) is 1. The second-order valence-corrected chi connectivity index (χ2v) is 7.54. The van der Waals surface area contributed by atoms with Crippen LogP contribution in [-0.2, 0) is 20.7 Å². The van der Waals surface area contributed by atoms with E-state index in [1.54, 1.807) is 6.26 Å². The molecule has 140 valence electrons. The average molecular weight is 357 g/mol. The Morgan fingerprint density at radius 1 is 1.08 bits per heavy atom. The van der Waals surface area contributed by atoms with Crippen molar-refractivity contribution in [1.82, 2.24) is 4.90 Å². The van der Waals surface area contributed by atoms with Gasteiger partial charge in [-0.2, -0.15) is 0 Å². The van der Waals surface area contributed by atoms with E-state index in [0.29, 0.717) is 38.0 Å². The van der Waals surface area contributed by atoms with Crippen LogP contribution >= 0.6 is 0 Å². The quantitative estimate of drug-likeness (QED) is 0.843. The molecule has 2 aromatic rings. The molecule has 0 bridgehead atoms. The van der Waals surface area contributed by atoms with Gasteiger partial charge in [0, 0.05) is 44.0 Å². The number of fused-ring (bicyclic) bond motifs is 1. The Balaban J connectivity index is 1.37. The minimum atomic E-state index is 0.272. The molecule has 1 atom stereocenters. The summed E-state index contributed by atoms with van der Waals surface area (Å²) in [5, 5.41) is 1.12. The summed E-state index contributed by atoms with van der Waals surface area (Å²) >= 11 is 0. The average Bonchev–Trinajstić information content (AvgIpc) is 3.00. The van der Waals surface area contributed by atoms with Crippen LogP contribution in [0.2, 0.25) is 0 Å². The molecule has 2 fully saturated rings. The lowest BCUT2D eigenvalue weighted by Gasteiger charge is -2.27. The van der Waals surface area contributed by atoms with Gasteiger partial charge in [-0.15, -0.1) is 0 Å². The Bertz CT molecular complexity index is 734. The zero-order valence-electron chi connectivity index (χ0n) is 15.2. The molecule has 1 aromatic heterocycles. The normalized spacial score (nSPS) is 22.5. The summed E-state index contributed by atoms with van der Waals surface area (Å²) in [5.41, 5.74) is 2.16. The molecule has 0 radical (unpaired) electrons. The van der Waals surface area contributed by atoms with Crippen LogP contribution in [0.3, 0.4) is 0 Å². The Kier molecular flexibility index (Phi) is 5.56. The number of ether oxygens (including phenoxy) is 2. The SMILES string of the molecule is O=C(CC1CCOCC1)N1CCOC[C@H](Cc2ccc3ccoc3c2)C1. The van der Waals surface area contributed by atoms with Crippen LogP contribution in [-0.4, -0.2) is 50.3 Å². The number of rotatable bonds is 4. The summed E-state index contributed by atoms with van der Waals surface area (Å²) in [5.74, 6) is 1.07. The van der Waals surface area contributed by atoms with Gasteiger partial charge >= 0.3 is 0 Å². The lowest BCUT2D eigenvalue weighted by atomic mass is 9.95. The standard InChI is InChI=1S/C21H27NO4/c23-21(13-16-3-7-24-8-4-16)22-6-10-25-15-18(14-22)11-17-1-2-19-5-9-26-20(19)12-17/h1-2,5,9,12,16,18H,3-4,6-8,10-11,13-15H2/t18-/m1/s1. The van der Waals surface area contributed by atoms with E-state index in [-0.39, 0.29) is 5.91 Å². The van der Waals surface area contributed by atoms with Gasteiger partial charge in [-0.25, -0.2) is 0 Å². The van der Waals surface area contributed by atoms with Gasteiger partial charge < -0.3 is 18.8 Å². The summed E-state index contributed by atoms with van der Waals surface area (Å²) in [6.45, 7) is 4.40. The van der Waals surface area contributed by atoms with Crippen molar-refractivity contribution in [1.29, 1.82) is 0 Å². The Hall–Kier alpha value is -1.85. The zero-order valence-corrected chi connectivity index (χ0v) is 15.2. The number of carbonyl (C=O) groups is 1. The molecule has 0 N–H and O–H groups in total. The van der Waals surface area contributed by atoms with Crippen LogP contribution in [0, 0.1) is 11.8 Å². The Morgan fingerprint density at radius 2 is 1.96 bits per heavy atom. The summed E-state index contributed by atoms with van der Waals surface area (Å²) < 4.78 is 16.7. The topological polar surface area (TPSA) is 51.9 Å². The first-order valence-corrected chi connectivity index (χ1v) is 9.67. The maximum absolute atomic E-state index is 12.8. The molecule has 0 aliphatic carbocycles. The Labute approximate surface area is 154 Å². The first-order valence-electron chi connectivity index (χ1n) is 9.67. The molecule has 1 amide bonds. The largest absolute Gasteiger partial charge is 0.464 e. The van der Waals surface area contributed by atoms with E-state index < -0.39 is 0 Å². The highest BCUT2D eigenvalue weighted by Gasteiger charge is 2.25. The molecule has 0 spiro atoms. The predicted octanol–water partition coefficient (Wildman–Crippen LogP) is 3.27. The summed E-state index contributed by atoms with van der Waals surface area (Å²) in [4.78, 5) is 14.8. The zero-order chi connectivity index (χ0) is 17.8. The summed E-state index contributed by atoms with van der Waals surface area (Å²) in [6, 6.07) is 8.33. The van der Waals surface area contributed by atoms with Gasteiger partial charge in [-0.1, -0.05) is 12.1 Å². The lowest BCUT2D eigenvalue weighted by Crippen LogP contribution is -2.37. The molecule has 2 aliphatic rings. The molecule has 1 aromatic carbocycles.